The van der Waals surface area contributed by atoms with Crippen molar-refractivity contribution in [2.24, 2.45) is 0 Å². The van der Waals surface area contributed by atoms with Crippen molar-refractivity contribution < 1.29 is 4.74 Å². The Balaban J connectivity index is 1.84. The van der Waals surface area contributed by atoms with E-state index in [1.54, 1.807) is 7.11 Å². The minimum atomic E-state index is 0.575. The van der Waals surface area contributed by atoms with Gasteiger partial charge in [0.25, 0.3) is 0 Å². The van der Waals surface area contributed by atoms with Gasteiger partial charge < -0.3 is 15.0 Å². The summed E-state index contributed by atoms with van der Waals surface area (Å²) >= 11 is 0. The lowest BCUT2D eigenvalue weighted by atomic mass is 10.2. The van der Waals surface area contributed by atoms with Crippen molar-refractivity contribution in [1.82, 2.24) is 14.7 Å². The van der Waals surface area contributed by atoms with Gasteiger partial charge in [0.15, 0.2) is 0 Å². The molecule has 0 bridgehead atoms. The van der Waals surface area contributed by atoms with Crippen molar-refractivity contribution in [3.8, 4) is 0 Å². The monoisotopic (exact) mass is 274 g/mol. The first kappa shape index (κ1) is 13.4. The fourth-order valence-electron chi connectivity index (χ4n) is 2.87. The predicted octanol–water partition coefficient (Wildman–Crippen LogP) is 1.54. The van der Waals surface area contributed by atoms with Crippen molar-refractivity contribution in [1.29, 1.82) is 0 Å². The highest BCUT2D eigenvalue weighted by Crippen LogP contribution is 2.18. The lowest BCUT2D eigenvalue weighted by Crippen LogP contribution is -2.40. The summed E-state index contributed by atoms with van der Waals surface area (Å²) in [5.41, 5.74) is 0.990. The molecular formula is C15H22N4O. The Morgan fingerprint density at radius 1 is 1.50 bits per heavy atom. The molecule has 0 aromatic carbocycles. The third-order valence-electron chi connectivity index (χ3n) is 3.90. The number of aromatic nitrogens is 2. The van der Waals surface area contributed by atoms with Gasteiger partial charge in [-0.15, -0.1) is 0 Å². The molecule has 0 spiro atoms. The van der Waals surface area contributed by atoms with E-state index in [9.17, 15) is 0 Å². The zero-order chi connectivity index (χ0) is 13.8. The SMILES string of the molecule is COCCN(CC1CCCN1)c1cccc2nccn12. The predicted molar refractivity (Wildman–Crippen MR) is 80.3 cm³/mol. The van der Waals surface area contributed by atoms with E-state index >= 15 is 0 Å². The largest absolute Gasteiger partial charge is 0.383 e. The molecule has 0 amide bonds. The second kappa shape index (κ2) is 6.24. The van der Waals surface area contributed by atoms with Crippen LogP contribution in [0.5, 0.6) is 0 Å². The Morgan fingerprint density at radius 2 is 2.45 bits per heavy atom. The molecule has 5 heteroatoms. The lowest BCUT2D eigenvalue weighted by Gasteiger charge is -2.28. The van der Waals surface area contributed by atoms with Crippen molar-refractivity contribution in [3.63, 3.8) is 0 Å². The molecule has 20 heavy (non-hydrogen) atoms. The van der Waals surface area contributed by atoms with Crippen LogP contribution in [0.25, 0.3) is 5.65 Å². The average molecular weight is 274 g/mol. The number of pyridine rings is 1. The van der Waals surface area contributed by atoms with E-state index in [0.717, 1.165) is 31.9 Å². The Hall–Kier alpha value is -1.59. The smallest absolute Gasteiger partial charge is 0.138 e. The Morgan fingerprint density at radius 3 is 3.25 bits per heavy atom. The van der Waals surface area contributed by atoms with Crippen LogP contribution < -0.4 is 10.2 Å². The highest BCUT2D eigenvalue weighted by molar-refractivity contribution is 5.51. The summed E-state index contributed by atoms with van der Waals surface area (Å²) in [4.78, 5) is 6.75. The molecule has 0 saturated carbocycles. The average Bonchev–Trinajstić information content (AvgIpc) is 3.13. The molecule has 0 radical (unpaired) electrons. The Labute approximate surface area is 119 Å². The van der Waals surface area contributed by atoms with Gasteiger partial charge in [0.1, 0.15) is 11.5 Å². The van der Waals surface area contributed by atoms with Crippen LogP contribution in [0.4, 0.5) is 5.82 Å². The van der Waals surface area contributed by atoms with Gasteiger partial charge in [0.05, 0.1) is 6.61 Å². The van der Waals surface area contributed by atoms with Gasteiger partial charge in [-0.1, -0.05) is 6.07 Å². The molecule has 1 unspecified atom stereocenters. The van der Waals surface area contributed by atoms with Crippen LogP contribution in [0.2, 0.25) is 0 Å². The minimum Gasteiger partial charge on any atom is -0.383 e. The van der Waals surface area contributed by atoms with Gasteiger partial charge in [-0.3, -0.25) is 4.40 Å². The van der Waals surface area contributed by atoms with Gasteiger partial charge in [-0.25, -0.2) is 4.98 Å². The Bertz CT molecular complexity index is 548. The molecule has 3 heterocycles. The van der Waals surface area contributed by atoms with Crippen LogP contribution in [0.3, 0.4) is 0 Å². The van der Waals surface area contributed by atoms with E-state index in [-0.39, 0.29) is 0 Å². The molecule has 1 aliphatic rings. The number of nitrogens with one attached hydrogen (secondary N) is 1. The minimum absolute atomic E-state index is 0.575. The van der Waals surface area contributed by atoms with Crippen LogP contribution in [0.1, 0.15) is 12.8 Å². The molecule has 1 fully saturated rings. The maximum Gasteiger partial charge on any atom is 0.138 e. The molecule has 2 aromatic heterocycles. The summed E-state index contributed by atoms with van der Waals surface area (Å²) in [6.07, 6.45) is 6.40. The van der Waals surface area contributed by atoms with E-state index in [2.05, 4.69) is 31.7 Å². The summed E-state index contributed by atoms with van der Waals surface area (Å²) in [7, 11) is 1.75. The van der Waals surface area contributed by atoms with Gasteiger partial charge in [0, 0.05) is 38.6 Å². The molecule has 0 aliphatic carbocycles. The van der Waals surface area contributed by atoms with Crippen molar-refractivity contribution in [3.05, 3.63) is 30.6 Å². The topological polar surface area (TPSA) is 41.8 Å². The first-order chi connectivity index (χ1) is 9.88. The number of hydrogen-bond acceptors (Lipinski definition) is 4. The third-order valence-corrected chi connectivity index (χ3v) is 3.90. The van der Waals surface area contributed by atoms with Crippen LogP contribution in [0, 0.1) is 0 Å². The molecule has 1 atom stereocenters. The summed E-state index contributed by atoms with van der Waals surface area (Å²) in [6, 6.07) is 6.83. The first-order valence-electron chi connectivity index (χ1n) is 7.28. The van der Waals surface area contributed by atoms with Crippen LogP contribution in [-0.2, 0) is 4.74 Å². The van der Waals surface area contributed by atoms with Gasteiger partial charge in [-0.2, -0.15) is 0 Å². The maximum atomic E-state index is 5.26. The molecule has 3 rings (SSSR count). The third kappa shape index (κ3) is 2.78. The molecule has 2 aromatic rings. The van der Waals surface area contributed by atoms with Gasteiger partial charge in [-0.05, 0) is 31.5 Å². The van der Waals surface area contributed by atoms with E-state index in [4.69, 9.17) is 4.74 Å². The number of fused-ring (bicyclic) bond motifs is 1. The summed E-state index contributed by atoms with van der Waals surface area (Å²) in [5, 5.41) is 3.57. The summed E-state index contributed by atoms with van der Waals surface area (Å²) in [6.45, 7) is 3.78. The fraction of sp³-hybridized carbons (Fsp3) is 0.533. The Kier molecular flexibility index (Phi) is 4.18. The van der Waals surface area contributed by atoms with E-state index in [1.807, 2.05) is 18.5 Å². The van der Waals surface area contributed by atoms with Crippen LogP contribution in [0.15, 0.2) is 30.6 Å². The van der Waals surface area contributed by atoms with Crippen molar-refractivity contribution in [2.75, 3.05) is 38.3 Å². The van der Waals surface area contributed by atoms with E-state index in [0.29, 0.717) is 6.04 Å². The molecule has 108 valence electrons. The van der Waals surface area contributed by atoms with E-state index < -0.39 is 0 Å². The van der Waals surface area contributed by atoms with E-state index in [1.165, 1.54) is 18.7 Å². The molecular weight excluding hydrogens is 252 g/mol. The zero-order valence-electron chi connectivity index (χ0n) is 12.0. The maximum absolute atomic E-state index is 5.26. The number of rotatable bonds is 6. The second-order valence-electron chi connectivity index (χ2n) is 5.27. The number of nitrogens with zero attached hydrogens (tertiary/aromatic N) is 3. The molecule has 5 nitrogen and oxygen atoms in total. The quantitative estimate of drug-likeness (QED) is 0.867. The number of imidazole rings is 1. The zero-order valence-corrected chi connectivity index (χ0v) is 12.0. The molecule has 1 aliphatic heterocycles. The summed E-state index contributed by atoms with van der Waals surface area (Å²) in [5.74, 6) is 1.19. The first-order valence-corrected chi connectivity index (χ1v) is 7.28. The number of hydrogen-bond donors (Lipinski definition) is 1. The normalized spacial score (nSPS) is 18.8. The second-order valence-corrected chi connectivity index (χ2v) is 5.27. The van der Waals surface area contributed by atoms with Gasteiger partial charge in [0.2, 0.25) is 0 Å². The van der Waals surface area contributed by atoms with Crippen LogP contribution in [-0.4, -0.2) is 48.8 Å². The number of ether oxygens (including phenoxy) is 1. The summed E-state index contributed by atoms with van der Waals surface area (Å²) < 4.78 is 7.41. The van der Waals surface area contributed by atoms with Crippen molar-refractivity contribution in [2.45, 2.75) is 18.9 Å². The highest BCUT2D eigenvalue weighted by Gasteiger charge is 2.19. The molecule has 1 saturated heterocycles. The number of anilines is 1. The standard InChI is InChI=1S/C15H22N4O/c1-20-11-10-18(12-13-4-3-7-16-13)15-6-2-5-14-17-8-9-19(14)15/h2,5-6,8-9,13,16H,3-4,7,10-12H2,1H3. The van der Waals surface area contributed by atoms with Gasteiger partial charge >= 0.3 is 0 Å². The lowest BCUT2D eigenvalue weighted by molar-refractivity contribution is 0.204. The van der Waals surface area contributed by atoms with Crippen molar-refractivity contribution >= 4 is 11.5 Å². The number of methoxy groups -OCH3 is 1. The fourth-order valence-corrected chi connectivity index (χ4v) is 2.87. The molecule has 1 N–H and O–H groups in total. The highest BCUT2D eigenvalue weighted by atomic mass is 16.5. The van der Waals surface area contributed by atoms with Crippen LogP contribution >= 0.6 is 0 Å².